The van der Waals surface area contributed by atoms with Gasteiger partial charge in [-0.05, 0) is 105 Å². The summed E-state index contributed by atoms with van der Waals surface area (Å²) in [6.45, 7) is 2.85. The highest BCUT2D eigenvalue weighted by Crippen LogP contribution is 2.42. The van der Waals surface area contributed by atoms with E-state index in [1.54, 1.807) is 31.0 Å². The number of halogens is 3. The highest BCUT2D eigenvalue weighted by Gasteiger charge is 2.35. The number of likely N-dealkylation sites (tertiary alicyclic amines) is 1. The summed E-state index contributed by atoms with van der Waals surface area (Å²) in [5.74, 6) is 1.40. The number of aliphatic hydroxyl groups is 1. The van der Waals surface area contributed by atoms with Crippen molar-refractivity contribution in [1.29, 1.82) is 0 Å². The van der Waals surface area contributed by atoms with Crippen LogP contribution in [0.5, 0.6) is 5.75 Å². The number of fused-ring (bicyclic) bond motifs is 1. The second-order valence-electron chi connectivity index (χ2n) is 9.56. The lowest BCUT2D eigenvalue weighted by Gasteiger charge is -2.41. The van der Waals surface area contributed by atoms with E-state index >= 15 is 4.39 Å². The first-order valence-corrected chi connectivity index (χ1v) is 13.8. The maximum atomic E-state index is 15.6. The quantitative estimate of drug-likeness (QED) is 0.210. The number of aromatic nitrogens is 1. The molecule has 0 unspecified atom stereocenters. The second kappa shape index (κ2) is 12.5. The van der Waals surface area contributed by atoms with Crippen molar-refractivity contribution in [3.63, 3.8) is 0 Å². The molecule has 0 amide bonds. The van der Waals surface area contributed by atoms with Crippen LogP contribution in [0.15, 0.2) is 53.6 Å². The highest BCUT2D eigenvalue weighted by atomic mass is 35.5. The number of aliphatic hydroxyl groups excluding tert-OH is 1. The van der Waals surface area contributed by atoms with Crippen LogP contribution in [-0.2, 0) is 0 Å². The van der Waals surface area contributed by atoms with Gasteiger partial charge in [-0.2, -0.15) is 0 Å². The molecule has 1 aliphatic heterocycles. The third-order valence-corrected chi connectivity index (χ3v) is 8.66. The Hall–Kier alpha value is -1.93. The zero-order valence-electron chi connectivity index (χ0n) is 20.6. The molecule has 1 saturated heterocycles. The predicted octanol–water partition coefficient (Wildman–Crippen LogP) is 7.08. The summed E-state index contributed by atoms with van der Waals surface area (Å²) < 4.78 is 33.9. The molecule has 1 aromatic heterocycles. The van der Waals surface area contributed by atoms with Crippen LogP contribution in [-0.4, -0.2) is 54.1 Å². The highest BCUT2D eigenvalue weighted by molar-refractivity contribution is 7.99. The first-order chi connectivity index (χ1) is 17.4. The van der Waals surface area contributed by atoms with Crippen LogP contribution >= 0.6 is 23.4 Å². The Balaban J connectivity index is 1.29. The van der Waals surface area contributed by atoms with Gasteiger partial charge in [-0.1, -0.05) is 11.6 Å². The number of methoxy groups -OCH3 is 1. The zero-order chi connectivity index (χ0) is 25.5. The summed E-state index contributed by atoms with van der Waals surface area (Å²) >= 11 is 8.13. The second-order valence-corrected chi connectivity index (χ2v) is 11.1. The van der Waals surface area contributed by atoms with Crippen molar-refractivity contribution in [3.8, 4) is 5.75 Å². The molecule has 1 N–H and O–H groups in total. The van der Waals surface area contributed by atoms with Crippen LogP contribution < -0.4 is 4.74 Å². The molecular weight excluding hydrogens is 502 g/mol. The summed E-state index contributed by atoms with van der Waals surface area (Å²) in [5.41, 5.74) is 0.863. The third-order valence-electron chi connectivity index (χ3n) is 7.26. The fourth-order valence-corrected chi connectivity index (χ4v) is 6.04. The standard InChI is InChI=1S/C28H33ClF2N2O2S/c1-35-21-5-8-26-23(17-21)27(24(29)18-32-26)25(31)9-10-28(19-34)11-14-33(15-12-28)13-2-16-36-22-6-3-20(30)4-7-22/h3-8,17-18,25,34H,2,9-16,19H2,1H3/t25-/m1/s1. The van der Waals surface area contributed by atoms with Gasteiger partial charge in [0.05, 0.1) is 17.6 Å². The topological polar surface area (TPSA) is 45.6 Å². The Kier molecular flexibility index (Phi) is 9.45. The number of rotatable bonds is 11. The molecule has 4 nitrogen and oxygen atoms in total. The van der Waals surface area contributed by atoms with Gasteiger partial charge in [0.25, 0.3) is 0 Å². The first kappa shape index (κ1) is 27.1. The van der Waals surface area contributed by atoms with Crippen LogP contribution in [0.2, 0.25) is 5.02 Å². The first-order valence-electron chi connectivity index (χ1n) is 12.4. The Morgan fingerprint density at radius 1 is 1.19 bits per heavy atom. The van der Waals surface area contributed by atoms with Crippen LogP contribution in [0, 0.1) is 11.2 Å². The molecule has 0 radical (unpaired) electrons. The van der Waals surface area contributed by atoms with E-state index in [9.17, 15) is 9.50 Å². The Labute approximate surface area is 221 Å². The molecule has 1 fully saturated rings. The monoisotopic (exact) mass is 534 g/mol. The van der Waals surface area contributed by atoms with Crippen LogP contribution in [0.1, 0.15) is 43.8 Å². The average Bonchev–Trinajstić information content (AvgIpc) is 2.91. The molecule has 0 spiro atoms. The zero-order valence-corrected chi connectivity index (χ0v) is 22.1. The Morgan fingerprint density at radius 2 is 1.94 bits per heavy atom. The average molecular weight is 535 g/mol. The van der Waals surface area contributed by atoms with E-state index in [-0.39, 0.29) is 17.8 Å². The number of hydrogen-bond donors (Lipinski definition) is 1. The van der Waals surface area contributed by atoms with E-state index in [1.165, 1.54) is 18.3 Å². The minimum atomic E-state index is -1.25. The van der Waals surface area contributed by atoms with E-state index in [2.05, 4.69) is 9.88 Å². The van der Waals surface area contributed by atoms with E-state index in [4.69, 9.17) is 16.3 Å². The van der Waals surface area contributed by atoms with Crippen LogP contribution in [0.25, 0.3) is 10.9 Å². The van der Waals surface area contributed by atoms with Crippen LogP contribution in [0.3, 0.4) is 0 Å². The molecule has 2 heterocycles. The van der Waals surface area contributed by atoms with Gasteiger partial charge in [0.1, 0.15) is 17.7 Å². The molecule has 0 saturated carbocycles. The van der Waals surface area contributed by atoms with Crippen molar-refractivity contribution in [2.75, 3.05) is 39.1 Å². The number of benzene rings is 2. The van der Waals surface area contributed by atoms with Gasteiger partial charge in [-0.15, -0.1) is 11.8 Å². The fraction of sp³-hybridized carbons (Fsp3) is 0.464. The lowest BCUT2D eigenvalue weighted by atomic mass is 9.74. The van der Waals surface area contributed by atoms with Gasteiger partial charge in [0, 0.05) is 28.6 Å². The van der Waals surface area contributed by atoms with E-state index < -0.39 is 6.17 Å². The van der Waals surface area contributed by atoms with E-state index in [0.717, 1.165) is 49.5 Å². The predicted molar refractivity (Wildman–Crippen MR) is 143 cm³/mol. The molecular formula is C28H33ClF2N2O2S. The maximum Gasteiger partial charge on any atom is 0.127 e. The number of thioether (sulfide) groups is 1. The molecule has 8 heteroatoms. The third kappa shape index (κ3) is 6.68. The molecule has 0 aliphatic carbocycles. The van der Waals surface area contributed by atoms with Crippen molar-refractivity contribution in [2.45, 2.75) is 43.2 Å². The molecule has 194 valence electrons. The SMILES string of the molecule is COc1ccc2ncc(Cl)c([C@H](F)CCC3(CO)CCN(CCCSc4ccc(F)cc4)CC3)c2c1. The van der Waals surface area contributed by atoms with Crippen molar-refractivity contribution >= 4 is 34.3 Å². The normalized spacial score (nSPS) is 16.8. The van der Waals surface area contributed by atoms with Gasteiger partial charge in [0.15, 0.2) is 0 Å². The number of nitrogens with zero attached hydrogens (tertiary/aromatic N) is 2. The molecule has 36 heavy (non-hydrogen) atoms. The molecule has 0 bridgehead atoms. The summed E-state index contributed by atoms with van der Waals surface area (Å²) in [7, 11) is 1.58. The van der Waals surface area contributed by atoms with Crippen molar-refractivity contribution in [2.24, 2.45) is 5.41 Å². The van der Waals surface area contributed by atoms with E-state index in [1.807, 2.05) is 18.2 Å². The van der Waals surface area contributed by atoms with Gasteiger partial charge < -0.3 is 14.7 Å². The molecule has 1 atom stereocenters. The largest absolute Gasteiger partial charge is 0.497 e. The van der Waals surface area contributed by atoms with Gasteiger partial charge in [-0.25, -0.2) is 8.78 Å². The number of ether oxygens (including phenoxy) is 1. The Morgan fingerprint density at radius 3 is 2.64 bits per heavy atom. The van der Waals surface area contributed by atoms with Gasteiger partial charge in [-0.3, -0.25) is 4.98 Å². The number of pyridine rings is 1. The molecule has 2 aromatic carbocycles. The van der Waals surface area contributed by atoms with Crippen molar-refractivity contribution in [3.05, 3.63) is 65.1 Å². The summed E-state index contributed by atoms with van der Waals surface area (Å²) in [5, 5.41) is 11.2. The molecule has 3 aromatic rings. The summed E-state index contributed by atoms with van der Waals surface area (Å²) in [6.07, 6.45) is 3.89. The minimum Gasteiger partial charge on any atom is -0.497 e. The molecule has 1 aliphatic rings. The Bertz CT molecular complexity index is 1140. The summed E-state index contributed by atoms with van der Waals surface area (Å²) in [6, 6.07) is 12.0. The van der Waals surface area contributed by atoms with Crippen LogP contribution in [0.4, 0.5) is 8.78 Å². The fourth-order valence-electron chi connectivity index (χ4n) is 4.94. The van der Waals surface area contributed by atoms with Crippen molar-refractivity contribution in [1.82, 2.24) is 9.88 Å². The smallest absolute Gasteiger partial charge is 0.127 e. The maximum absolute atomic E-state index is 15.6. The van der Waals surface area contributed by atoms with Crippen molar-refractivity contribution < 1.29 is 18.6 Å². The minimum absolute atomic E-state index is 0.0621. The molecule has 4 rings (SSSR count). The number of piperidine rings is 1. The number of alkyl halides is 1. The lowest BCUT2D eigenvalue weighted by Crippen LogP contribution is -2.42. The van der Waals surface area contributed by atoms with Gasteiger partial charge >= 0.3 is 0 Å². The lowest BCUT2D eigenvalue weighted by molar-refractivity contribution is 0.0304. The van der Waals surface area contributed by atoms with E-state index in [0.29, 0.717) is 40.1 Å². The summed E-state index contributed by atoms with van der Waals surface area (Å²) in [4.78, 5) is 7.82. The van der Waals surface area contributed by atoms with Gasteiger partial charge in [0.2, 0.25) is 0 Å². The number of hydrogen-bond acceptors (Lipinski definition) is 5.